The van der Waals surface area contributed by atoms with Gasteiger partial charge in [-0.2, -0.15) is 0 Å². The SMILES string of the molecule is C[C@H](NC(=O)C(N)c1cccs1)c1cccc(Cl)c1. The number of rotatable bonds is 4. The third-order valence-corrected chi connectivity index (χ3v) is 4.03. The number of hydrogen-bond acceptors (Lipinski definition) is 3. The lowest BCUT2D eigenvalue weighted by Gasteiger charge is -2.17. The van der Waals surface area contributed by atoms with Crippen molar-refractivity contribution in [2.45, 2.75) is 19.0 Å². The molecule has 0 bridgehead atoms. The van der Waals surface area contributed by atoms with Gasteiger partial charge < -0.3 is 11.1 Å². The lowest BCUT2D eigenvalue weighted by atomic mass is 10.1. The Kier molecular flexibility index (Phi) is 4.58. The Morgan fingerprint density at radius 3 is 2.79 bits per heavy atom. The summed E-state index contributed by atoms with van der Waals surface area (Å²) < 4.78 is 0. The van der Waals surface area contributed by atoms with Crippen LogP contribution in [0.1, 0.15) is 29.4 Å². The largest absolute Gasteiger partial charge is 0.348 e. The number of nitrogens with two attached hydrogens (primary N) is 1. The predicted molar refractivity (Wildman–Crippen MR) is 79.3 cm³/mol. The second-order valence-electron chi connectivity index (χ2n) is 4.28. The lowest BCUT2D eigenvalue weighted by Crippen LogP contribution is -2.35. The number of hydrogen-bond donors (Lipinski definition) is 2. The number of halogens is 1. The second kappa shape index (κ2) is 6.19. The van der Waals surface area contributed by atoms with Crippen molar-refractivity contribution < 1.29 is 4.79 Å². The topological polar surface area (TPSA) is 55.1 Å². The van der Waals surface area contributed by atoms with Crippen LogP contribution in [0, 0.1) is 0 Å². The van der Waals surface area contributed by atoms with E-state index in [4.69, 9.17) is 17.3 Å². The van der Waals surface area contributed by atoms with Gasteiger partial charge in [0, 0.05) is 9.90 Å². The minimum atomic E-state index is -0.623. The van der Waals surface area contributed by atoms with Crippen LogP contribution in [-0.2, 0) is 4.79 Å². The molecule has 2 rings (SSSR count). The first kappa shape index (κ1) is 14.1. The molecule has 0 aliphatic carbocycles. The highest BCUT2D eigenvalue weighted by atomic mass is 35.5. The van der Waals surface area contributed by atoms with Gasteiger partial charge in [0.25, 0.3) is 0 Å². The maximum atomic E-state index is 12.0. The molecule has 0 saturated heterocycles. The van der Waals surface area contributed by atoms with E-state index in [1.54, 1.807) is 6.07 Å². The molecule has 0 saturated carbocycles. The summed E-state index contributed by atoms with van der Waals surface area (Å²) in [6.45, 7) is 1.91. The van der Waals surface area contributed by atoms with Crippen molar-refractivity contribution in [3.8, 4) is 0 Å². The summed E-state index contributed by atoms with van der Waals surface area (Å²) in [6, 6.07) is 10.4. The standard InChI is InChI=1S/C14H15ClN2OS/c1-9(10-4-2-5-11(15)8-10)17-14(18)13(16)12-6-3-7-19-12/h2-9,13H,16H2,1H3,(H,17,18)/t9-,13?/m0/s1. The Hall–Kier alpha value is -1.36. The van der Waals surface area contributed by atoms with Gasteiger partial charge in [-0.3, -0.25) is 4.79 Å². The Morgan fingerprint density at radius 2 is 2.16 bits per heavy atom. The van der Waals surface area contributed by atoms with E-state index in [-0.39, 0.29) is 11.9 Å². The molecular formula is C14H15ClN2OS. The van der Waals surface area contributed by atoms with Gasteiger partial charge in [-0.1, -0.05) is 29.8 Å². The zero-order valence-corrected chi connectivity index (χ0v) is 12.0. The van der Waals surface area contributed by atoms with Crippen LogP contribution in [0.5, 0.6) is 0 Å². The fourth-order valence-corrected chi connectivity index (χ4v) is 2.68. The van der Waals surface area contributed by atoms with E-state index in [0.717, 1.165) is 10.4 Å². The molecule has 100 valence electrons. The first-order valence-corrected chi connectivity index (χ1v) is 7.18. The maximum Gasteiger partial charge on any atom is 0.242 e. The van der Waals surface area contributed by atoms with Crippen LogP contribution in [0.25, 0.3) is 0 Å². The molecule has 2 atom stereocenters. The first-order chi connectivity index (χ1) is 9.08. The Bertz CT molecular complexity index is 556. The van der Waals surface area contributed by atoms with Crippen molar-refractivity contribution in [1.29, 1.82) is 0 Å². The molecule has 1 unspecified atom stereocenters. The number of carbonyl (C=O) groups excluding carboxylic acids is 1. The van der Waals surface area contributed by atoms with Crippen LogP contribution >= 0.6 is 22.9 Å². The van der Waals surface area contributed by atoms with E-state index in [2.05, 4.69) is 5.32 Å². The third-order valence-electron chi connectivity index (χ3n) is 2.84. The molecule has 1 aromatic heterocycles. The molecule has 5 heteroatoms. The number of thiophene rings is 1. The van der Waals surface area contributed by atoms with Crippen molar-refractivity contribution in [2.75, 3.05) is 0 Å². The van der Waals surface area contributed by atoms with Crippen LogP contribution in [0.3, 0.4) is 0 Å². The van der Waals surface area contributed by atoms with Crippen LogP contribution < -0.4 is 11.1 Å². The molecule has 0 radical (unpaired) electrons. The van der Waals surface area contributed by atoms with Crippen molar-refractivity contribution in [1.82, 2.24) is 5.32 Å². The van der Waals surface area contributed by atoms with Gasteiger partial charge >= 0.3 is 0 Å². The number of amides is 1. The van der Waals surface area contributed by atoms with Gasteiger partial charge in [-0.15, -0.1) is 11.3 Å². The molecule has 2 aromatic rings. The first-order valence-electron chi connectivity index (χ1n) is 5.93. The summed E-state index contributed by atoms with van der Waals surface area (Å²) in [7, 11) is 0. The van der Waals surface area contributed by atoms with Gasteiger partial charge in [0.1, 0.15) is 6.04 Å². The predicted octanol–water partition coefficient (Wildman–Crippen LogP) is 3.28. The van der Waals surface area contributed by atoms with Crippen LogP contribution in [0.4, 0.5) is 0 Å². The van der Waals surface area contributed by atoms with Crippen molar-refractivity contribution in [2.24, 2.45) is 5.73 Å². The Morgan fingerprint density at radius 1 is 1.37 bits per heavy atom. The molecule has 0 aliphatic heterocycles. The van der Waals surface area contributed by atoms with Crippen LogP contribution in [0.2, 0.25) is 5.02 Å². The fourth-order valence-electron chi connectivity index (χ4n) is 1.76. The molecule has 1 aromatic carbocycles. The average Bonchev–Trinajstić information content (AvgIpc) is 2.91. The van der Waals surface area contributed by atoms with E-state index >= 15 is 0 Å². The Balaban J connectivity index is 2.03. The summed E-state index contributed by atoms with van der Waals surface area (Å²) in [6.07, 6.45) is 0. The Labute approximate surface area is 121 Å². The van der Waals surface area contributed by atoms with E-state index in [9.17, 15) is 4.79 Å². The van der Waals surface area contributed by atoms with E-state index in [1.807, 2.05) is 42.6 Å². The number of carbonyl (C=O) groups is 1. The highest BCUT2D eigenvalue weighted by Crippen LogP contribution is 2.20. The number of nitrogens with one attached hydrogen (secondary N) is 1. The molecule has 0 aliphatic rings. The van der Waals surface area contributed by atoms with Gasteiger partial charge in [0.15, 0.2) is 0 Å². The van der Waals surface area contributed by atoms with Gasteiger partial charge in [0.2, 0.25) is 5.91 Å². The molecule has 3 nitrogen and oxygen atoms in total. The normalized spacial score (nSPS) is 13.8. The number of benzene rings is 1. The zero-order chi connectivity index (χ0) is 13.8. The van der Waals surface area contributed by atoms with Crippen LogP contribution in [0.15, 0.2) is 41.8 Å². The molecule has 1 amide bonds. The van der Waals surface area contributed by atoms with E-state index in [1.165, 1.54) is 11.3 Å². The monoisotopic (exact) mass is 294 g/mol. The minimum absolute atomic E-state index is 0.128. The maximum absolute atomic E-state index is 12.0. The molecule has 3 N–H and O–H groups in total. The molecule has 1 heterocycles. The van der Waals surface area contributed by atoms with Crippen molar-refractivity contribution in [3.63, 3.8) is 0 Å². The van der Waals surface area contributed by atoms with Crippen LogP contribution in [-0.4, -0.2) is 5.91 Å². The van der Waals surface area contributed by atoms with Gasteiger partial charge in [-0.05, 0) is 36.1 Å². The van der Waals surface area contributed by atoms with Gasteiger partial charge in [-0.25, -0.2) is 0 Å². The summed E-state index contributed by atoms with van der Waals surface area (Å²) in [5, 5.41) is 5.45. The zero-order valence-electron chi connectivity index (χ0n) is 10.5. The smallest absolute Gasteiger partial charge is 0.242 e. The average molecular weight is 295 g/mol. The third kappa shape index (κ3) is 3.56. The van der Waals surface area contributed by atoms with Crippen molar-refractivity contribution in [3.05, 3.63) is 57.2 Å². The quantitative estimate of drug-likeness (QED) is 0.909. The van der Waals surface area contributed by atoms with Crippen molar-refractivity contribution >= 4 is 28.8 Å². The molecule has 0 spiro atoms. The summed E-state index contributed by atoms with van der Waals surface area (Å²) >= 11 is 7.41. The summed E-state index contributed by atoms with van der Waals surface area (Å²) in [4.78, 5) is 12.9. The van der Waals surface area contributed by atoms with E-state index in [0.29, 0.717) is 5.02 Å². The summed E-state index contributed by atoms with van der Waals surface area (Å²) in [5.41, 5.74) is 6.87. The highest BCUT2D eigenvalue weighted by molar-refractivity contribution is 7.10. The molecule has 0 fully saturated rings. The molecular weight excluding hydrogens is 280 g/mol. The lowest BCUT2D eigenvalue weighted by molar-refractivity contribution is -0.123. The fraction of sp³-hybridized carbons (Fsp3) is 0.214. The van der Waals surface area contributed by atoms with E-state index < -0.39 is 6.04 Å². The minimum Gasteiger partial charge on any atom is -0.348 e. The van der Waals surface area contributed by atoms with Gasteiger partial charge in [0.05, 0.1) is 6.04 Å². The molecule has 19 heavy (non-hydrogen) atoms. The summed E-state index contributed by atoms with van der Waals surface area (Å²) in [5.74, 6) is -0.185. The highest BCUT2D eigenvalue weighted by Gasteiger charge is 2.19. The second-order valence-corrected chi connectivity index (χ2v) is 5.69.